The van der Waals surface area contributed by atoms with E-state index in [4.69, 9.17) is 0 Å². The molecule has 1 saturated heterocycles. The number of anilines is 1. The smallest absolute Gasteiger partial charge is 0.227 e. The van der Waals surface area contributed by atoms with Crippen molar-refractivity contribution >= 4 is 11.7 Å². The first kappa shape index (κ1) is 14.3. The first-order valence-electron chi connectivity index (χ1n) is 7.76. The van der Waals surface area contributed by atoms with Crippen LogP contribution in [-0.2, 0) is 11.3 Å². The zero-order valence-electron chi connectivity index (χ0n) is 12.9. The van der Waals surface area contributed by atoms with Gasteiger partial charge in [-0.2, -0.15) is 0 Å². The van der Waals surface area contributed by atoms with Crippen LogP contribution in [0.4, 0.5) is 5.82 Å². The molecule has 1 amide bonds. The zero-order chi connectivity index (χ0) is 14.9. The predicted octanol–water partition coefficient (Wildman–Crippen LogP) is 1.30. The molecule has 3 rings (SSSR count). The SMILES string of the molecule is CNC(=O)C1(C)CCN(c2ccc(CNC3CC3)cn2)C1. The number of rotatable bonds is 5. The van der Waals surface area contributed by atoms with Gasteiger partial charge >= 0.3 is 0 Å². The second kappa shape index (κ2) is 5.64. The van der Waals surface area contributed by atoms with Crippen LogP contribution in [-0.4, -0.2) is 37.1 Å². The number of nitrogens with one attached hydrogen (secondary N) is 2. The van der Waals surface area contributed by atoms with Crippen LogP contribution in [0.25, 0.3) is 0 Å². The quantitative estimate of drug-likeness (QED) is 0.857. The van der Waals surface area contributed by atoms with Gasteiger partial charge < -0.3 is 15.5 Å². The molecule has 2 N–H and O–H groups in total. The van der Waals surface area contributed by atoms with Crippen LogP contribution in [0, 0.1) is 5.41 Å². The van der Waals surface area contributed by atoms with Crippen molar-refractivity contribution in [2.24, 2.45) is 5.41 Å². The Morgan fingerprint density at radius 3 is 2.90 bits per heavy atom. The molecule has 114 valence electrons. The second-order valence-corrected chi connectivity index (χ2v) is 6.49. The molecule has 1 aliphatic heterocycles. The molecule has 1 saturated carbocycles. The van der Waals surface area contributed by atoms with E-state index < -0.39 is 0 Å². The molecule has 5 heteroatoms. The topological polar surface area (TPSA) is 57.3 Å². The average molecular weight is 288 g/mol. The highest BCUT2D eigenvalue weighted by Crippen LogP contribution is 2.32. The molecule has 2 fully saturated rings. The number of carbonyl (C=O) groups excluding carboxylic acids is 1. The van der Waals surface area contributed by atoms with Crippen molar-refractivity contribution in [3.8, 4) is 0 Å². The van der Waals surface area contributed by atoms with E-state index in [0.29, 0.717) is 0 Å². The van der Waals surface area contributed by atoms with Crippen LogP contribution in [0.5, 0.6) is 0 Å². The van der Waals surface area contributed by atoms with Gasteiger partial charge in [0.05, 0.1) is 5.41 Å². The summed E-state index contributed by atoms with van der Waals surface area (Å²) in [6.45, 7) is 4.55. The first-order valence-corrected chi connectivity index (χ1v) is 7.76. The number of pyridine rings is 1. The fourth-order valence-electron chi connectivity index (χ4n) is 2.90. The lowest BCUT2D eigenvalue weighted by Gasteiger charge is -2.23. The van der Waals surface area contributed by atoms with Crippen LogP contribution in [0.1, 0.15) is 31.7 Å². The van der Waals surface area contributed by atoms with Gasteiger partial charge in [-0.25, -0.2) is 4.98 Å². The molecule has 21 heavy (non-hydrogen) atoms. The third-order valence-electron chi connectivity index (χ3n) is 4.55. The van der Waals surface area contributed by atoms with Gasteiger partial charge in [-0.1, -0.05) is 6.07 Å². The van der Waals surface area contributed by atoms with Gasteiger partial charge in [0, 0.05) is 38.9 Å². The van der Waals surface area contributed by atoms with Crippen molar-refractivity contribution in [3.63, 3.8) is 0 Å². The number of hydrogen-bond donors (Lipinski definition) is 2. The second-order valence-electron chi connectivity index (χ2n) is 6.49. The molecule has 0 spiro atoms. The van der Waals surface area contributed by atoms with E-state index in [1.807, 2.05) is 13.1 Å². The average Bonchev–Trinajstić information content (AvgIpc) is 3.26. The van der Waals surface area contributed by atoms with Gasteiger partial charge in [0.1, 0.15) is 5.82 Å². The Kier molecular flexibility index (Phi) is 3.85. The molecule has 1 aromatic heterocycles. The standard InChI is InChI=1S/C16H24N4O/c1-16(15(21)17-2)7-8-20(11-16)14-6-3-12(10-19-14)9-18-13-4-5-13/h3,6,10,13,18H,4-5,7-9,11H2,1-2H3,(H,17,21). The van der Waals surface area contributed by atoms with Crippen molar-refractivity contribution in [1.82, 2.24) is 15.6 Å². The van der Waals surface area contributed by atoms with Gasteiger partial charge in [0.2, 0.25) is 5.91 Å². The first-order chi connectivity index (χ1) is 10.1. The summed E-state index contributed by atoms with van der Waals surface area (Å²) in [7, 11) is 1.70. The van der Waals surface area contributed by atoms with Crippen molar-refractivity contribution in [1.29, 1.82) is 0 Å². The Morgan fingerprint density at radius 2 is 2.29 bits per heavy atom. The summed E-state index contributed by atoms with van der Waals surface area (Å²) in [5.41, 5.74) is 0.918. The van der Waals surface area contributed by atoms with Gasteiger partial charge in [-0.15, -0.1) is 0 Å². The van der Waals surface area contributed by atoms with Crippen molar-refractivity contribution in [3.05, 3.63) is 23.9 Å². The molecular weight excluding hydrogens is 264 g/mol. The summed E-state index contributed by atoms with van der Waals surface area (Å²) >= 11 is 0. The summed E-state index contributed by atoms with van der Waals surface area (Å²) in [4.78, 5) is 18.7. The molecule has 0 aromatic carbocycles. The third kappa shape index (κ3) is 3.18. The van der Waals surface area contributed by atoms with Gasteiger partial charge in [-0.05, 0) is 37.8 Å². The lowest BCUT2D eigenvalue weighted by Crippen LogP contribution is -2.39. The Morgan fingerprint density at radius 1 is 1.48 bits per heavy atom. The van der Waals surface area contributed by atoms with Crippen LogP contribution in [0.3, 0.4) is 0 Å². The number of hydrogen-bond acceptors (Lipinski definition) is 4. The third-order valence-corrected chi connectivity index (χ3v) is 4.55. The Labute approximate surface area is 126 Å². The number of aromatic nitrogens is 1. The van der Waals surface area contributed by atoms with Gasteiger partial charge in [-0.3, -0.25) is 4.79 Å². The van der Waals surface area contributed by atoms with Crippen molar-refractivity contribution < 1.29 is 4.79 Å². The van der Waals surface area contributed by atoms with E-state index in [-0.39, 0.29) is 11.3 Å². The minimum atomic E-state index is -0.303. The monoisotopic (exact) mass is 288 g/mol. The number of amides is 1. The highest BCUT2D eigenvalue weighted by molar-refractivity contribution is 5.83. The summed E-state index contributed by atoms with van der Waals surface area (Å²) in [6, 6.07) is 4.92. The van der Waals surface area contributed by atoms with Crippen LogP contribution in [0.2, 0.25) is 0 Å². The van der Waals surface area contributed by atoms with Gasteiger partial charge in [0.25, 0.3) is 0 Å². The molecule has 0 radical (unpaired) electrons. The molecule has 1 atom stereocenters. The molecule has 5 nitrogen and oxygen atoms in total. The van der Waals surface area contributed by atoms with E-state index in [1.54, 1.807) is 7.05 Å². The zero-order valence-corrected chi connectivity index (χ0v) is 12.9. The fraction of sp³-hybridized carbons (Fsp3) is 0.625. The minimum absolute atomic E-state index is 0.121. The molecule has 1 unspecified atom stereocenters. The van der Waals surface area contributed by atoms with Crippen molar-refractivity contribution in [2.45, 2.75) is 38.8 Å². The summed E-state index contributed by atoms with van der Waals surface area (Å²) < 4.78 is 0. The molecular formula is C16H24N4O. The maximum absolute atomic E-state index is 12.0. The highest BCUT2D eigenvalue weighted by Gasteiger charge is 2.40. The fourth-order valence-corrected chi connectivity index (χ4v) is 2.90. The highest BCUT2D eigenvalue weighted by atomic mass is 16.2. The number of nitrogens with zero attached hydrogens (tertiary/aromatic N) is 2. The molecule has 2 heterocycles. The molecule has 0 bridgehead atoms. The number of carbonyl (C=O) groups is 1. The lowest BCUT2D eigenvalue weighted by atomic mass is 9.89. The Balaban J connectivity index is 1.60. The Bertz CT molecular complexity index is 512. The van der Waals surface area contributed by atoms with E-state index in [9.17, 15) is 4.79 Å². The van der Waals surface area contributed by atoms with Crippen LogP contribution in [0.15, 0.2) is 18.3 Å². The predicted molar refractivity (Wildman–Crippen MR) is 83.1 cm³/mol. The van der Waals surface area contributed by atoms with E-state index in [2.05, 4.69) is 32.7 Å². The Hall–Kier alpha value is -1.62. The maximum Gasteiger partial charge on any atom is 0.227 e. The largest absolute Gasteiger partial charge is 0.359 e. The lowest BCUT2D eigenvalue weighted by molar-refractivity contribution is -0.128. The van der Waals surface area contributed by atoms with E-state index in [0.717, 1.165) is 37.9 Å². The van der Waals surface area contributed by atoms with Crippen LogP contribution >= 0.6 is 0 Å². The minimum Gasteiger partial charge on any atom is -0.359 e. The molecule has 1 aromatic rings. The normalized spacial score (nSPS) is 25.1. The molecule has 2 aliphatic rings. The summed E-state index contributed by atoms with van der Waals surface area (Å²) in [5, 5.41) is 6.26. The molecule has 1 aliphatic carbocycles. The summed E-state index contributed by atoms with van der Waals surface area (Å²) in [6.07, 6.45) is 5.42. The van der Waals surface area contributed by atoms with Crippen LogP contribution < -0.4 is 15.5 Å². The van der Waals surface area contributed by atoms with Crippen molar-refractivity contribution in [2.75, 3.05) is 25.0 Å². The summed E-state index contributed by atoms with van der Waals surface area (Å²) in [5.74, 6) is 1.09. The van der Waals surface area contributed by atoms with Gasteiger partial charge in [0.15, 0.2) is 0 Å². The maximum atomic E-state index is 12.0. The van der Waals surface area contributed by atoms with E-state index >= 15 is 0 Å². The van der Waals surface area contributed by atoms with E-state index in [1.165, 1.54) is 18.4 Å².